The van der Waals surface area contributed by atoms with Crippen LogP contribution in [0.5, 0.6) is 0 Å². The molecule has 0 aromatic rings. The molecule has 0 saturated heterocycles. The van der Waals surface area contributed by atoms with E-state index in [-0.39, 0.29) is 0 Å². The Balaban J connectivity index is 2.30. The van der Waals surface area contributed by atoms with Crippen LogP contribution in [-0.2, 0) is 0 Å². The predicted octanol–water partition coefficient (Wildman–Crippen LogP) is 0.864. The summed E-state index contributed by atoms with van der Waals surface area (Å²) in [5.41, 5.74) is 1.38. The normalized spacial score (nSPS) is 21.6. The number of allylic oxidation sites excluding steroid dienone is 3. The molecule has 0 saturated carbocycles. The van der Waals surface area contributed by atoms with Gasteiger partial charge in [0.1, 0.15) is 5.82 Å². The Morgan fingerprint density at radius 2 is 2.30 bits per heavy atom. The summed E-state index contributed by atoms with van der Waals surface area (Å²) in [7, 11) is 0. The van der Waals surface area contributed by atoms with Gasteiger partial charge < -0.3 is 10.6 Å². The van der Waals surface area contributed by atoms with Gasteiger partial charge in [0.2, 0.25) is 0 Å². The van der Waals surface area contributed by atoms with E-state index >= 15 is 0 Å². The Morgan fingerprint density at radius 3 is 3.30 bits per heavy atom. The van der Waals surface area contributed by atoms with Gasteiger partial charge >= 0.3 is 0 Å². The molecule has 2 heterocycles. The van der Waals surface area contributed by atoms with Crippen LogP contribution >= 0.6 is 0 Å². The molecular weight excluding hydrogens is 124 g/mol. The fraction of sp³-hybridized carbons (Fsp3) is 0.250. The van der Waals surface area contributed by atoms with Crippen molar-refractivity contribution in [1.29, 1.82) is 0 Å². The zero-order valence-corrected chi connectivity index (χ0v) is 5.72. The van der Waals surface area contributed by atoms with Crippen LogP contribution in [0.3, 0.4) is 0 Å². The monoisotopic (exact) mass is 134 g/mol. The lowest BCUT2D eigenvalue weighted by atomic mass is 10.2. The van der Waals surface area contributed by atoms with E-state index in [4.69, 9.17) is 0 Å². The zero-order chi connectivity index (χ0) is 6.81. The van der Waals surface area contributed by atoms with Crippen LogP contribution in [0.15, 0.2) is 35.8 Å². The third-order valence-corrected chi connectivity index (χ3v) is 1.75. The van der Waals surface area contributed by atoms with Crippen molar-refractivity contribution >= 4 is 0 Å². The highest BCUT2D eigenvalue weighted by molar-refractivity contribution is 5.32. The molecule has 0 bridgehead atoms. The van der Waals surface area contributed by atoms with Gasteiger partial charge in [-0.2, -0.15) is 0 Å². The van der Waals surface area contributed by atoms with Gasteiger partial charge in [-0.1, -0.05) is 12.2 Å². The maximum absolute atomic E-state index is 3.26. The Morgan fingerprint density at radius 1 is 1.30 bits per heavy atom. The van der Waals surface area contributed by atoms with Gasteiger partial charge in [0.05, 0.1) is 0 Å². The van der Waals surface area contributed by atoms with Crippen molar-refractivity contribution in [1.82, 2.24) is 10.6 Å². The summed E-state index contributed by atoms with van der Waals surface area (Å²) in [5.74, 6) is 1.17. The Hall–Kier alpha value is -1.18. The third-order valence-electron chi connectivity index (χ3n) is 1.75. The van der Waals surface area contributed by atoms with Crippen LogP contribution in [0.1, 0.15) is 6.42 Å². The predicted molar refractivity (Wildman–Crippen MR) is 41.1 cm³/mol. The van der Waals surface area contributed by atoms with Crippen molar-refractivity contribution in [3.8, 4) is 0 Å². The lowest BCUT2D eigenvalue weighted by Gasteiger charge is -2.01. The van der Waals surface area contributed by atoms with Gasteiger partial charge in [-0.3, -0.25) is 0 Å². The molecule has 0 aliphatic carbocycles. The molecule has 2 nitrogen and oxygen atoms in total. The Kier molecular flexibility index (Phi) is 1.24. The molecule has 2 aliphatic rings. The SMILES string of the molecule is C1=CNC2=C(C=C1)CCN2. The average molecular weight is 134 g/mol. The second-order valence-electron chi connectivity index (χ2n) is 2.44. The lowest BCUT2D eigenvalue weighted by Crippen LogP contribution is -2.18. The highest BCUT2D eigenvalue weighted by Gasteiger charge is 2.10. The zero-order valence-electron chi connectivity index (χ0n) is 5.72. The number of nitrogens with one attached hydrogen (secondary N) is 2. The lowest BCUT2D eigenvalue weighted by molar-refractivity contribution is 0.819. The molecule has 2 N–H and O–H groups in total. The molecule has 2 rings (SSSR count). The molecule has 0 aromatic carbocycles. The summed E-state index contributed by atoms with van der Waals surface area (Å²) in [6.07, 6.45) is 9.28. The maximum Gasteiger partial charge on any atom is 0.106 e. The van der Waals surface area contributed by atoms with Crippen molar-refractivity contribution < 1.29 is 0 Å². The second kappa shape index (κ2) is 2.21. The minimum Gasteiger partial charge on any atom is -0.371 e. The summed E-state index contributed by atoms with van der Waals surface area (Å²) in [4.78, 5) is 0. The van der Waals surface area contributed by atoms with Gasteiger partial charge in [0.15, 0.2) is 0 Å². The largest absolute Gasteiger partial charge is 0.371 e. The minimum absolute atomic E-state index is 1.07. The molecular formula is C8H10N2. The van der Waals surface area contributed by atoms with Crippen LogP contribution in [0.25, 0.3) is 0 Å². The Labute approximate surface area is 60.3 Å². The minimum atomic E-state index is 1.07. The molecule has 10 heavy (non-hydrogen) atoms. The van der Waals surface area contributed by atoms with Gasteiger partial charge in [0.25, 0.3) is 0 Å². The van der Waals surface area contributed by atoms with Gasteiger partial charge in [-0.25, -0.2) is 0 Å². The topological polar surface area (TPSA) is 24.1 Å². The molecule has 0 amide bonds. The average Bonchev–Trinajstić information content (AvgIpc) is 2.28. The first-order valence-corrected chi connectivity index (χ1v) is 3.53. The van der Waals surface area contributed by atoms with Crippen molar-refractivity contribution in [2.24, 2.45) is 0 Å². The molecule has 0 spiro atoms. The fourth-order valence-electron chi connectivity index (χ4n) is 1.23. The van der Waals surface area contributed by atoms with E-state index < -0.39 is 0 Å². The first-order valence-electron chi connectivity index (χ1n) is 3.53. The fourth-order valence-corrected chi connectivity index (χ4v) is 1.23. The smallest absolute Gasteiger partial charge is 0.106 e. The van der Waals surface area contributed by atoms with E-state index in [9.17, 15) is 0 Å². The van der Waals surface area contributed by atoms with Crippen molar-refractivity contribution in [2.45, 2.75) is 6.42 Å². The summed E-state index contributed by atoms with van der Waals surface area (Å²) in [5, 5.41) is 6.43. The first kappa shape index (κ1) is 5.59. The van der Waals surface area contributed by atoms with Crippen molar-refractivity contribution in [3.05, 3.63) is 35.8 Å². The van der Waals surface area contributed by atoms with E-state index in [2.05, 4.69) is 22.8 Å². The van der Waals surface area contributed by atoms with Gasteiger partial charge in [-0.15, -0.1) is 0 Å². The van der Waals surface area contributed by atoms with E-state index in [1.165, 1.54) is 11.4 Å². The van der Waals surface area contributed by atoms with Crippen LogP contribution in [0.2, 0.25) is 0 Å². The number of rotatable bonds is 0. The highest BCUT2D eigenvalue weighted by atomic mass is 15.1. The number of hydrogen-bond acceptors (Lipinski definition) is 2. The molecule has 52 valence electrons. The second-order valence-corrected chi connectivity index (χ2v) is 2.44. The summed E-state index contributed by atoms with van der Waals surface area (Å²) < 4.78 is 0. The maximum atomic E-state index is 3.26. The summed E-state index contributed by atoms with van der Waals surface area (Å²) in [6.45, 7) is 1.07. The van der Waals surface area contributed by atoms with Gasteiger partial charge in [0, 0.05) is 12.7 Å². The first-order chi connectivity index (χ1) is 4.97. The summed E-state index contributed by atoms with van der Waals surface area (Å²) >= 11 is 0. The van der Waals surface area contributed by atoms with Crippen LogP contribution in [-0.4, -0.2) is 6.54 Å². The quantitative estimate of drug-likeness (QED) is 0.513. The molecule has 0 unspecified atom stereocenters. The Bertz CT molecular complexity index is 223. The molecule has 0 aromatic heterocycles. The molecule has 2 heteroatoms. The molecule has 2 aliphatic heterocycles. The molecule has 0 radical (unpaired) electrons. The number of hydrogen-bond donors (Lipinski definition) is 2. The van der Waals surface area contributed by atoms with Gasteiger partial charge in [-0.05, 0) is 18.1 Å². The van der Waals surface area contributed by atoms with E-state index in [1.54, 1.807) is 0 Å². The van der Waals surface area contributed by atoms with Crippen molar-refractivity contribution in [3.63, 3.8) is 0 Å². The summed E-state index contributed by atoms with van der Waals surface area (Å²) in [6, 6.07) is 0. The van der Waals surface area contributed by atoms with Crippen LogP contribution in [0, 0.1) is 0 Å². The molecule has 0 fully saturated rings. The van der Waals surface area contributed by atoms with E-state index in [1.807, 2.05) is 12.3 Å². The highest BCUT2D eigenvalue weighted by Crippen LogP contribution is 2.13. The third kappa shape index (κ3) is 0.817. The van der Waals surface area contributed by atoms with Crippen LogP contribution < -0.4 is 10.6 Å². The van der Waals surface area contributed by atoms with Crippen molar-refractivity contribution in [2.75, 3.05) is 6.54 Å². The van der Waals surface area contributed by atoms with E-state index in [0.717, 1.165) is 13.0 Å². The van der Waals surface area contributed by atoms with E-state index in [0.29, 0.717) is 0 Å². The van der Waals surface area contributed by atoms with Crippen LogP contribution in [0.4, 0.5) is 0 Å². The molecule has 0 atom stereocenters. The standard InChI is InChI=1S/C8H10N2/c1-2-5-9-8-7(3-1)4-6-10-8/h1-3,5,9-10H,4,6H2.